The van der Waals surface area contributed by atoms with Crippen molar-refractivity contribution in [3.05, 3.63) is 273 Å². The highest BCUT2D eigenvalue weighted by molar-refractivity contribution is 7.26. The van der Waals surface area contributed by atoms with Crippen molar-refractivity contribution >= 4 is 114 Å². The monoisotopic (exact) mass is 968 g/mol. The molecule has 0 aliphatic rings. The van der Waals surface area contributed by atoms with Crippen molar-refractivity contribution in [2.75, 3.05) is 9.80 Å². The van der Waals surface area contributed by atoms with Crippen molar-refractivity contribution in [3.63, 3.8) is 0 Å². The molecule has 0 spiro atoms. The van der Waals surface area contributed by atoms with Crippen LogP contribution in [-0.2, 0) is 0 Å². The normalized spacial score (nSPS) is 11.6. The van der Waals surface area contributed by atoms with Crippen LogP contribution >= 0.6 is 22.7 Å². The van der Waals surface area contributed by atoms with Crippen LogP contribution in [0.5, 0.6) is 0 Å². The summed E-state index contributed by atoms with van der Waals surface area (Å²) in [5, 5.41) is 7.49. The number of hydrogen-bond acceptors (Lipinski definition) is 4. The third kappa shape index (κ3) is 7.89. The number of allylic oxidation sites excluding steroid dienone is 2. The van der Waals surface area contributed by atoms with Gasteiger partial charge in [-0.1, -0.05) is 189 Å². The second kappa shape index (κ2) is 18.7. The molecule has 11 aromatic carbocycles. The molecule has 4 heteroatoms. The number of hydrogen-bond donors (Lipinski definition) is 0. The molecule has 2 heterocycles. The summed E-state index contributed by atoms with van der Waals surface area (Å²) in [7, 11) is 0. The fraction of sp³-hybridized carbons (Fsp3) is 0.0145. The molecule has 0 radical (unpaired) electrons. The lowest BCUT2D eigenvalue weighted by molar-refractivity contribution is 1.28. The Balaban J connectivity index is 1.02. The highest BCUT2D eigenvalue weighted by Gasteiger charge is 2.26. The zero-order valence-electron chi connectivity index (χ0n) is 40.2. The predicted molar refractivity (Wildman–Crippen MR) is 319 cm³/mol. The molecule has 0 bridgehead atoms. The van der Waals surface area contributed by atoms with Crippen LogP contribution in [0.15, 0.2) is 261 Å². The minimum absolute atomic E-state index is 1.07. The van der Waals surface area contributed by atoms with Gasteiger partial charge >= 0.3 is 0 Å². The van der Waals surface area contributed by atoms with Gasteiger partial charge < -0.3 is 9.80 Å². The van der Waals surface area contributed by atoms with Crippen LogP contribution in [0.2, 0.25) is 0 Å². The van der Waals surface area contributed by atoms with Crippen LogP contribution in [0, 0.1) is 6.92 Å². The molecule has 0 fully saturated rings. The number of fused-ring (bicyclic) bond motifs is 7. The van der Waals surface area contributed by atoms with Gasteiger partial charge in [0.25, 0.3) is 0 Å². The fourth-order valence-electron chi connectivity index (χ4n) is 10.7. The Bertz CT molecular complexity index is 4250. The summed E-state index contributed by atoms with van der Waals surface area (Å²) in [6, 6.07) is 89.4. The van der Waals surface area contributed by atoms with Gasteiger partial charge in [0, 0.05) is 62.8 Å². The molecule has 13 aromatic rings. The van der Waals surface area contributed by atoms with Crippen LogP contribution in [0.1, 0.15) is 11.1 Å². The topological polar surface area (TPSA) is 6.48 Å². The fourth-order valence-corrected chi connectivity index (χ4v) is 13.0. The van der Waals surface area contributed by atoms with Gasteiger partial charge in [-0.25, -0.2) is 0 Å². The molecule has 13 rings (SSSR count). The quantitative estimate of drug-likeness (QED) is 0.119. The second-order valence-electron chi connectivity index (χ2n) is 18.5. The van der Waals surface area contributed by atoms with Gasteiger partial charge in [0.1, 0.15) is 0 Å². The number of thiophene rings is 2. The van der Waals surface area contributed by atoms with Crippen molar-refractivity contribution in [3.8, 4) is 33.4 Å². The second-order valence-corrected chi connectivity index (χ2v) is 20.7. The van der Waals surface area contributed by atoms with E-state index in [0.717, 1.165) is 50.8 Å². The lowest BCUT2D eigenvalue weighted by Crippen LogP contribution is -2.14. The molecule has 2 aromatic heterocycles. The maximum absolute atomic E-state index is 3.91. The summed E-state index contributed by atoms with van der Waals surface area (Å²) in [6.45, 7) is 6.06. The average Bonchev–Trinajstić information content (AvgIpc) is 4.03. The molecule has 0 atom stereocenters. The van der Waals surface area contributed by atoms with E-state index >= 15 is 0 Å². The first kappa shape index (κ1) is 44.2. The van der Waals surface area contributed by atoms with E-state index in [4.69, 9.17) is 0 Å². The summed E-state index contributed by atoms with van der Waals surface area (Å²) < 4.78 is 5.07. The van der Waals surface area contributed by atoms with Gasteiger partial charge in [-0.3, -0.25) is 0 Å². The van der Waals surface area contributed by atoms with E-state index in [1.165, 1.54) is 78.9 Å². The number of anilines is 6. The van der Waals surface area contributed by atoms with E-state index in [-0.39, 0.29) is 0 Å². The molecular formula is C69H48N2S2. The summed E-state index contributed by atoms with van der Waals surface area (Å²) in [6.07, 6.45) is 5.97. The molecule has 0 aliphatic carbocycles. The molecule has 73 heavy (non-hydrogen) atoms. The number of para-hydroxylation sites is 2. The summed E-state index contributed by atoms with van der Waals surface area (Å²) in [5.74, 6) is 0. The smallest absolute Gasteiger partial charge is 0.0555 e. The van der Waals surface area contributed by atoms with Crippen molar-refractivity contribution < 1.29 is 0 Å². The SMILES string of the molecule is C=C/C=C\c1cc(-c2ccc(N(c3ccccc3-c3ccccc3N(c3ccc(-c4cccc5ccccc45)cc3)c3cccc4sc5ccccc5c34)c3cccc4sc5ccccc5c34)cc2)ccc1C. The van der Waals surface area contributed by atoms with Crippen molar-refractivity contribution in [1.29, 1.82) is 0 Å². The van der Waals surface area contributed by atoms with E-state index in [0.29, 0.717) is 0 Å². The molecule has 0 saturated heterocycles. The minimum Gasteiger partial charge on any atom is -0.309 e. The lowest BCUT2D eigenvalue weighted by atomic mass is 9.96. The van der Waals surface area contributed by atoms with Gasteiger partial charge in [0.2, 0.25) is 0 Å². The Morgan fingerprint density at radius 2 is 0.808 bits per heavy atom. The Morgan fingerprint density at radius 1 is 0.370 bits per heavy atom. The highest BCUT2D eigenvalue weighted by Crippen LogP contribution is 2.52. The summed E-state index contributed by atoms with van der Waals surface area (Å²) >= 11 is 3.71. The maximum atomic E-state index is 3.91. The van der Waals surface area contributed by atoms with Gasteiger partial charge in [0.15, 0.2) is 0 Å². The lowest BCUT2D eigenvalue weighted by Gasteiger charge is -2.32. The highest BCUT2D eigenvalue weighted by atomic mass is 32.1. The molecule has 0 unspecified atom stereocenters. The van der Waals surface area contributed by atoms with E-state index in [9.17, 15) is 0 Å². The third-order valence-electron chi connectivity index (χ3n) is 14.2. The number of nitrogens with zero attached hydrogens (tertiary/aromatic N) is 2. The van der Waals surface area contributed by atoms with Crippen LogP contribution in [0.25, 0.3) is 90.6 Å². The molecule has 346 valence electrons. The van der Waals surface area contributed by atoms with E-state index in [1.807, 2.05) is 34.8 Å². The summed E-state index contributed by atoms with van der Waals surface area (Å²) in [5.41, 5.74) is 16.0. The van der Waals surface area contributed by atoms with Crippen LogP contribution < -0.4 is 9.80 Å². The van der Waals surface area contributed by atoms with Crippen molar-refractivity contribution in [2.24, 2.45) is 0 Å². The molecule has 0 N–H and O–H groups in total. The zero-order chi connectivity index (χ0) is 48.8. The maximum Gasteiger partial charge on any atom is 0.0555 e. The van der Waals surface area contributed by atoms with Gasteiger partial charge in [0.05, 0.1) is 22.7 Å². The molecule has 0 saturated carbocycles. The zero-order valence-corrected chi connectivity index (χ0v) is 41.9. The third-order valence-corrected chi connectivity index (χ3v) is 16.5. The summed E-state index contributed by atoms with van der Waals surface area (Å²) in [4.78, 5) is 4.98. The van der Waals surface area contributed by atoms with Crippen LogP contribution in [0.3, 0.4) is 0 Å². The van der Waals surface area contributed by atoms with E-state index in [2.05, 4.69) is 272 Å². The number of benzene rings is 11. The largest absolute Gasteiger partial charge is 0.309 e. The minimum atomic E-state index is 1.07. The van der Waals surface area contributed by atoms with Crippen LogP contribution in [0.4, 0.5) is 34.1 Å². The molecule has 0 amide bonds. The Labute approximate surface area is 433 Å². The molecule has 0 aliphatic heterocycles. The Hall–Kier alpha value is -8.80. The van der Waals surface area contributed by atoms with Gasteiger partial charge in [-0.15, -0.1) is 22.7 Å². The van der Waals surface area contributed by atoms with Crippen molar-refractivity contribution in [2.45, 2.75) is 6.92 Å². The number of rotatable bonds is 11. The predicted octanol–water partition coefficient (Wildman–Crippen LogP) is 21.0. The average molecular weight is 969 g/mol. The standard InChI is InChI=1S/C69H48N2S2/c1-3-4-18-50-45-51(36-35-46(50)2)47-37-41-52(42-38-47)70(62-29-16-33-66-68(62)58-24-9-13-31-64(58)72-66)60-27-11-7-22-56(60)57-23-8-12-28-61(57)71(63-30-17-34-67-69(63)59-25-10-14-32-65(59)73-67)53-43-39-49(40-44-53)55-26-15-20-48-19-5-6-21-54(48)55/h3-45H,1H2,2H3/b18-4-. The van der Waals surface area contributed by atoms with Gasteiger partial charge in [-0.2, -0.15) is 0 Å². The molecule has 2 nitrogen and oxygen atoms in total. The van der Waals surface area contributed by atoms with Crippen LogP contribution in [-0.4, -0.2) is 0 Å². The Morgan fingerprint density at radius 3 is 1.40 bits per heavy atom. The molecular weight excluding hydrogens is 921 g/mol. The van der Waals surface area contributed by atoms with Crippen molar-refractivity contribution in [1.82, 2.24) is 0 Å². The first-order chi connectivity index (χ1) is 36.1. The Kier molecular flexibility index (Phi) is 11.3. The van der Waals surface area contributed by atoms with Gasteiger partial charge in [-0.05, 0) is 130 Å². The first-order valence-corrected chi connectivity index (χ1v) is 26.4. The van der Waals surface area contributed by atoms with E-state index < -0.39 is 0 Å². The number of aryl methyl sites for hydroxylation is 1. The first-order valence-electron chi connectivity index (χ1n) is 24.8. The van der Waals surface area contributed by atoms with E-state index in [1.54, 1.807) is 0 Å².